The van der Waals surface area contributed by atoms with E-state index < -0.39 is 39.5 Å². The Morgan fingerprint density at radius 1 is 1.31 bits per heavy atom. The van der Waals surface area contributed by atoms with Crippen LogP contribution in [0.25, 0.3) is 4.85 Å². The Bertz CT molecular complexity index is 1030. The summed E-state index contributed by atoms with van der Waals surface area (Å²) in [5.41, 5.74) is 2.35. The first kappa shape index (κ1) is 18.1. The SMILES string of the molecule is O=S(=O)(O)C1=CC=C([N+]#Cc2cc(CC(F)(F)F)ccc2F)C2NN=C12. The van der Waals surface area contributed by atoms with Gasteiger partial charge in [0.1, 0.15) is 22.0 Å². The van der Waals surface area contributed by atoms with Crippen molar-refractivity contribution in [1.29, 1.82) is 0 Å². The fourth-order valence-electron chi connectivity index (χ4n) is 2.38. The van der Waals surface area contributed by atoms with Crippen molar-refractivity contribution in [3.8, 4) is 6.07 Å². The molecule has 0 spiro atoms. The van der Waals surface area contributed by atoms with Crippen LogP contribution in [-0.4, -0.2) is 30.9 Å². The molecule has 26 heavy (non-hydrogen) atoms. The van der Waals surface area contributed by atoms with Gasteiger partial charge in [0.25, 0.3) is 10.1 Å². The van der Waals surface area contributed by atoms with Gasteiger partial charge in [-0.1, -0.05) is 6.07 Å². The third kappa shape index (κ3) is 3.76. The molecule has 0 radical (unpaired) electrons. The summed E-state index contributed by atoms with van der Waals surface area (Å²) in [6.07, 6.45) is -3.33. The van der Waals surface area contributed by atoms with Gasteiger partial charge in [0.05, 0.1) is 6.42 Å². The second kappa shape index (κ2) is 6.22. The predicted octanol–water partition coefficient (Wildman–Crippen LogP) is 2.61. The summed E-state index contributed by atoms with van der Waals surface area (Å²) in [6.45, 7) is 0. The van der Waals surface area contributed by atoms with Crippen LogP contribution >= 0.6 is 0 Å². The molecule has 1 aliphatic heterocycles. The fourth-order valence-corrected chi connectivity index (χ4v) is 3.05. The van der Waals surface area contributed by atoms with Gasteiger partial charge in [-0.25, -0.2) is 4.39 Å². The second-order valence-corrected chi connectivity index (χ2v) is 6.88. The molecule has 1 heterocycles. The number of nitrogens with one attached hydrogen (secondary N) is 1. The molecule has 1 aromatic rings. The van der Waals surface area contributed by atoms with E-state index in [1.165, 1.54) is 6.08 Å². The van der Waals surface area contributed by atoms with Crippen LogP contribution in [0.2, 0.25) is 0 Å². The van der Waals surface area contributed by atoms with Gasteiger partial charge in [-0.05, 0) is 28.6 Å². The van der Waals surface area contributed by atoms with Crippen LogP contribution in [0.1, 0.15) is 11.1 Å². The number of alkyl halides is 3. The lowest BCUT2D eigenvalue weighted by molar-refractivity contribution is -0.127. The zero-order valence-electron chi connectivity index (χ0n) is 12.7. The van der Waals surface area contributed by atoms with Crippen LogP contribution in [0.3, 0.4) is 0 Å². The lowest BCUT2D eigenvalue weighted by Gasteiger charge is -2.25. The number of allylic oxidation sites excluding steroid dienone is 2. The monoisotopic (exact) mass is 388 g/mol. The number of halogens is 4. The Morgan fingerprint density at radius 2 is 2.04 bits per heavy atom. The van der Waals surface area contributed by atoms with E-state index in [1.54, 1.807) is 0 Å². The molecule has 0 bridgehead atoms. The van der Waals surface area contributed by atoms with Crippen molar-refractivity contribution in [1.82, 2.24) is 5.43 Å². The molecule has 0 aromatic heterocycles. The van der Waals surface area contributed by atoms with Crippen LogP contribution in [0.5, 0.6) is 0 Å². The van der Waals surface area contributed by atoms with Gasteiger partial charge in [0.2, 0.25) is 0 Å². The maximum Gasteiger partial charge on any atom is 0.393 e. The Hall–Kier alpha value is -2.71. The highest BCUT2D eigenvalue weighted by Crippen LogP contribution is 2.26. The average Bonchev–Trinajstić information content (AvgIpc) is 2.46. The largest absolute Gasteiger partial charge is 0.393 e. The quantitative estimate of drug-likeness (QED) is 0.603. The summed E-state index contributed by atoms with van der Waals surface area (Å²) in [4.78, 5) is 3.49. The van der Waals surface area contributed by atoms with E-state index >= 15 is 0 Å². The van der Waals surface area contributed by atoms with Crippen molar-refractivity contribution in [2.24, 2.45) is 5.10 Å². The molecule has 1 atom stereocenters. The van der Waals surface area contributed by atoms with Crippen LogP contribution < -0.4 is 5.43 Å². The van der Waals surface area contributed by atoms with Gasteiger partial charge < -0.3 is 0 Å². The number of rotatable bonds is 2. The Kier molecular flexibility index (Phi) is 4.33. The minimum Gasteiger partial charge on any atom is -0.288 e. The second-order valence-electron chi connectivity index (χ2n) is 5.49. The first-order valence-corrected chi connectivity index (χ1v) is 8.53. The van der Waals surface area contributed by atoms with Crippen molar-refractivity contribution >= 4 is 15.8 Å². The molecule has 6 nitrogen and oxygen atoms in total. The lowest BCUT2D eigenvalue weighted by atomic mass is 10.0. The van der Waals surface area contributed by atoms with E-state index in [9.17, 15) is 26.0 Å². The maximum absolute atomic E-state index is 13.8. The molecule has 1 aromatic carbocycles. The third-order valence-electron chi connectivity index (χ3n) is 3.56. The topological polar surface area (TPSA) is 83.1 Å². The molecule has 11 heteroatoms. The molecule has 2 aliphatic rings. The van der Waals surface area contributed by atoms with E-state index in [2.05, 4.69) is 21.4 Å². The summed E-state index contributed by atoms with van der Waals surface area (Å²) in [7, 11) is -4.46. The highest BCUT2D eigenvalue weighted by atomic mass is 32.2. The summed E-state index contributed by atoms with van der Waals surface area (Å²) in [5, 5.41) is 3.65. The molecule has 0 saturated heterocycles. The number of benzene rings is 1. The van der Waals surface area contributed by atoms with Crippen molar-refractivity contribution in [2.45, 2.75) is 18.6 Å². The zero-order valence-corrected chi connectivity index (χ0v) is 13.6. The molecule has 2 N–H and O–H groups in total. The number of hydrogen-bond donors (Lipinski definition) is 2. The first-order valence-electron chi connectivity index (χ1n) is 7.09. The smallest absolute Gasteiger partial charge is 0.288 e. The third-order valence-corrected chi connectivity index (χ3v) is 4.46. The Morgan fingerprint density at radius 3 is 2.62 bits per heavy atom. The van der Waals surface area contributed by atoms with Gasteiger partial charge in [-0.2, -0.15) is 26.7 Å². The summed E-state index contributed by atoms with van der Waals surface area (Å²) < 4.78 is 82.6. The molecular formula is C15H10F4N3O3S+. The van der Waals surface area contributed by atoms with E-state index in [0.717, 1.165) is 24.3 Å². The Labute approximate surface area is 145 Å². The molecular weight excluding hydrogens is 378 g/mol. The lowest BCUT2D eigenvalue weighted by Crippen LogP contribution is -2.48. The number of hydrogen-bond acceptors (Lipinski definition) is 4. The summed E-state index contributed by atoms with van der Waals surface area (Å²) in [6, 6.07) is 4.47. The van der Waals surface area contributed by atoms with Crippen LogP contribution in [0.4, 0.5) is 17.6 Å². The number of fused-ring (bicyclic) bond motifs is 1. The van der Waals surface area contributed by atoms with Gasteiger partial charge in [-0.3, -0.25) is 9.98 Å². The van der Waals surface area contributed by atoms with E-state index in [4.69, 9.17) is 4.55 Å². The summed E-state index contributed by atoms with van der Waals surface area (Å²) in [5.74, 6) is -0.805. The standard InChI is InChI=1S/C15H9F4N3O3S/c16-10-2-1-8(6-15(17,18)19)5-9(10)7-20-11-3-4-12(26(23,24)25)14-13(11)21-22-14/h1-5,13,21H,6H2/p+1. The minimum absolute atomic E-state index is 0.0295. The van der Waals surface area contributed by atoms with E-state index in [0.29, 0.717) is 0 Å². The normalized spacial score (nSPS) is 19.0. The average molecular weight is 388 g/mol. The van der Waals surface area contributed by atoms with Gasteiger partial charge in [0.15, 0.2) is 6.04 Å². The van der Waals surface area contributed by atoms with Crippen molar-refractivity contribution in [3.63, 3.8) is 0 Å². The highest BCUT2D eigenvalue weighted by molar-refractivity contribution is 7.90. The van der Waals surface area contributed by atoms with Crippen LogP contribution in [0, 0.1) is 11.9 Å². The van der Waals surface area contributed by atoms with Crippen molar-refractivity contribution < 1.29 is 30.5 Å². The summed E-state index contributed by atoms with van der Waals surface area (Å²) >= 11 is 0. The number of nitrogens with zero attached hydrogens (tertiary/aromatic N) is 2. The van der Waals surface area contributed by atoms with Gasteiger partial charge in [0, 0.05) is 6.08 Å². The molecule has 1 unspecified atom stereocenters. The molecule has 1 aliphatic carbocycles. The van der Waals surface area contributed by atoms with Crippen molar-refractivity contribution in [2.75, 3.05) is 0 Å². The molecule has 0 saturated carbocycles. The van der Waals surface area contributed by atoms with Crippen LogP contribution in [-0.2, 0) is 16.5 Å². The predicted molar refractivity (Wildman–Crippen MR) is 84.6 cm³/mol. The van der Waals surface area contributed by atoms with Gasteiger partial charge in [-0.15, -0.1) is 0 Å². The van der Waals surface area contributed by atoms with Gasteiger partial charge >= 0.3 is 17.9 Å². The highest BCUT2D eigenvalue weighted by Gasteiger charge is 2.42. The Balaban J connectivity index is 1.91. The molecule has 136 valence electrons. The first-order chi connectivity index (χ1) is 12.0. The van der Waals surface area contributed by atoms with Crippen molar-refractivity contribution in [3.05, 3.63) is 62.7 Å². The molecule has 0 amide bonds. The fraction of sp³-hybridized carbons (Fsp3) is 0.200. The van der Waals surface area contributed by atoms with E-state index in [-0.39, 0.29) is 22.5 Å². The van der Waals surface area contributed by atoms with E-state index in [1.807, 2.05) is 0 Å². The maximum atomic E-state index is 13.8. The van der Waals surface area contributed by atoms with Crippen LogP contribution in [0.15, 0.2) is 46.1 Å². The molecule has 0 fully saturated rings. The molecule has 3 rings (SSSR count). The zero-order chi connectivity index (χ0) is 19.1. The minimum atomic E-state index is -4.46. The number of hydrazone groups is 1.